The van der Waals surface area contributed by atoms with Gasteiger partial charge in [-0.05, 0) is 31.2 Å². The van der Waals surface area contributed by atoms with E-state index in [9.17, 15) is 4.79 Å². The smallest absolute Gasteiger partial charge is 0.338 e. The van der Waals surface area contributed by atoms with Crippen molar-refractivity contribution in [1.29, 1.82) is 0 Å². The molecule has 108 valence electrons. The maximum atomic E-state index is 11.8. The molecule has 0 fully saturated rings. The Labute approximate surface area is 124 Å². The summed E-state index contributed by atoms with van der Waals surface area (Å²) in [6.45, 7) is 2.27. The van der Waals surface area contributed by atoms with Crippen molar-refractivity contribution in [3.63, 3.8) is 0 Å². The quantitative estimate of drug-likeness (QED) is 0.347. The number of esters is 1. The molecule has 0 aliphatic carbocycles. The van der Waals surface area contributed by atoms with Crippen LogP contribution in [0.5, 0.6) is 11.5 Å². The van der Waals surface area contributed by atoms with Crippen molar-refractivity contribution < 1.29 is 14.3 Å². The highest BCUT2D eigenvalue weighted by Gasteiger charge is 2.06. The van der Waals surface area contributed by atoms with Crippen LogP contribution in [0.1, 0.15) is 13.3 Å². The van der Waals surface area contributed by atoms with E-state index in [1.807, 2.05) is 54.6 Å². The van der Waals surface area contributed by atoms with E-state index in [1.54, 1.807) is 19.1 Å². The Balaban J connectivity index is 1.77. The van der Waals surface area contributed by atoms with E-state index in [0.717, 1.165) is 5.75 Å². The van der Waals surface area contributed by atoms with Gasteiger partial charge in [0.25, 0.3) is 0 Å². The molecule has 0 heterocycles. The molecule has 0 spiro atoms. The maximum absolute atomic E-state index is 11.8. The number of ether oxygens (including phenoxy) is 2. The molecule has 2 rings (SSSR count). The summed E-state index contributed by atoms with van der Waals surface area (Å²) in [6, 6.07) is 18.6. The molecule has 3 heteroatoms. The number of benzene rings is 2. The first-order valence-corrected chi connectivity index (χ1v) is 6.87. The molecule has 0 saturated heterocycles. The lowest BCUT2D eigenvalue weighted by Crippen LogP contribution is -2.09. The average molecular weight is 282 g/mol. The summed E-state index contributed by atoms with van der Waals surface area (Å²) in [6.07, 6.45) is 2.48. The Kier molecular flexibility index (Phi) is 5.59. The van der Waals surface area contributed by atoms with Crippen LogP contribution in [0.2, 0.25) is 0 Å². The van der Waals surface area contributed by atoms with Crippen molar-refractivity contribution in [3.8, 4) is 11.5 Å². The maximum Gasteiger partial charge on any atom is 0.338 e. The molecule has 0 saturated carbocycles. The Hall–Kier alpha value is -2.55. The summed E-state index contributed by atoms with van der Waals surface area (Å²) in [5, 5.41) is 0. The van der Waals surface area contributed by atoms with Gasteiger partial charge in [0.1, 0.15) is 11.5 Å². The topological polar surface area (TPSA) is 35.5 Å². The van der Waals surface area contributed by atoms with Gasteiger partial charge in [-0.1, -0.05) is 42.5 Å². The van der Waals surface area contributed by atoms with Crippen molar-refractivity contribution >= 4 is 5.97 Å². The second-order valence-electron chi connectivity index (χ2n) is 4.54. The van der Waals surface area contributed by atoms with Crippen LogP contribution in [0.15, 0.2) is 72.3 Å². The third-order valence-electron chi connectivity index (χ3n) is 2.86. The molecule has 0 aliphatic rings. The molecule has 0 bridgehead atoms. The highest BCUT2D eigenvalue weighted by Crippen LogP contribution is 2.12. The fourth-order valence-electron chi connectivity index (χ4n) is 1.73. The predicted octanol–water partition coefficient (Wildman–Crippen LogP) is 4.01. The number of carbonyl (C=O) groups is 1. The van der Waals surface area contributed by atoms with Gasteiger partial charge >= 0.3 is 5.97 Å². The minimum atomic E-state index is -0.332. The van der Waals surface area contributed by atoms with Crippen LogP contribution in [0.25, 0.3) is 0 Å². The van der Waals surface area contributed by atoms with Gasteiger partial charge in [-0.2, -0.15) is 0 Å². The number of hydrogen-bond acceptors (Lipinski definition) is 3. The molecule has 0 N–H and O–H groups in total. The zero-order valence-electron chi connectivity index (χ0n) is 12.0. The lowest BCUT2D eigenvalue weighted by atomic mass is 10.2. The molecule has 0 atom stereocenters. The Morgan fingerprint density at radius 2 is 1.52 bits per heavy atom. The summed E-state index contributed by atoms with van der Waals surface area (Å²) >= 11 is 0. The lowest BCUT2D eigenvalue weighted by Gasteiger charge is -2.05. The summed E-state index contributed by atoms with van der Waals surface area (Å²) < 4.78 is 10.8. The zero-order valence-corrected chi connectivity index (χ0v) is 12.0. The average Bonchev–Trinajstić information content (AvgIpc) is 2.53. The van der Waals surface area contributed by atoms with E-state index >= 15 is 0 Å². The van der Waals surface area contributed by atoms with E-state index < -0.39 is 0 Å². The Morgan fingerprint density at radius 1 is 0.952 bits per heavy atom. The van der Waals surface area contributed by atoms with Gasteiger partial charge in [-0.25, -0.2) is 4.79 Å². The Bertz CT molecular complexity index is 588. The highest BCUT2D eigenvalue weighted by atomic mass is 16.5. The zero-order chi connectivity index (χ0) is 14.9. The molecular formula is C18H18O3. The van der Waals surface area contributed by atoms with Gasteiger partial charge in [0, 0.05) is 12.0 Å². The second kappa shape index (κ2) is 7.90. The normalized spacial score (nSPS) is 11.0. The van der Waals surface area contributed by atoms with Gasteiger partial charge in [0.05, 0.1) is 6.61 Å². The summed E-state index contributed by atoms with van der Waals surface area (Å²) in [4.78, 5) is 11.8. The molecule has 3 nitrogen and oxygen atoms in total. The summed E-state index contributed by atoms with van der Waals surface area (Å²) in [5.41, 5.74) is 0.579. The van der Waals surface area contributed by atoms with E-state index in [4.69, 9.17) is 9.47 Å². The SMILES string of the molecule is CC(=CCCOc1ccccc1)C(=O)Oc1ccccc1. The van der Waals surface area contributed by atoms with Gasteiger partial charge in [0.15, 0.2) is 0 Å². The van der Waals surface area contributed by atoms with Crippen molar-refractivity contribution in [2.75, 3.05) is 6.61 Å². The van der Waals surface area contributed by atoms with E-state index in [-0.39, 0.29) is 5.97 Å². The first kappa shape index (κ1) is 14.9. The van der Waals surface area contributed by atoms with E-state index in [0.29, 0.717) is 24.4 Å². The number of hydrogen-bond donors (Lipinski definition) is 0. The molecule has 21 heavy (non-hydrogen) atoms. The molecule has 2 aromatic rings. The van der Waals surface area contributed by atoms with E-state index in [2.05, 4.69) is 0 Å². The molecule has 2 aromatic carbocycles. The number of carbonyl (C=O) groups excluding carboxylic acids is 1. The largest absolute Gasteiger partial charge is 0.493 e. The van der Waals surface area contributed by atoms with Crippen LogP contribution in [-0.4, -0.2) is 12.6 Å². The monoisotopic (exact) mass is 282 g/mol. The molecule has 0 radical (unpaired) electrons. The van der Waals surface area contributed by atoms with Crippen LogP contribution < -0.4 is 9.47 Å². The van der Waals surface area contributed by atoms with Crippen molar-refractivity contribution in [1.82, 2.24) is 0 Å². The Morgan fingerprint density at radius 3 is 2.14 bits per heavy atom. The number of para-hydroxylation sites is 2. The van der Waals surface area contributed by atoms with Crippen LogP contribution >= 0.6 is 0 Å². The predicted molar refractivity (Wildman–Crippen MR) is 82.4 cm³/mol. The molecule has 0 amide bonds. The fourth-order valence-corrected chi connectivity index (χ4v) is 1.73. The summed E-state index contributed by atoms with van der Waals surface area (Å²) in [5.74, 6) is 1.05. The molecule has 0 aromatic heterocycles. The standard InChI is InChI=1S/C18H18O3/c1-15(18(19)21-17-12-6-3-7-13-17)9-8-14-20-16-10-4-2-5-11-16/h2-7,9-13H,8,14H2,1H3. The summed E-state index contributed by atoms with van der Waals surface area (Å²) in [7, 11) is 0. The fraction of sp³-hybridized carbons (Fsp3) is 0.167. The molecular weight excluding hydrogens is 264 g/mol. The third kappa shape index (κ3) is 5.15. The van der Waals surface area contributed by atoms with Crippen LogP contribution in [0.3, 0.4) is 0 Å². The van der Waals surface area contributed by atoms with Gasteiger partial charge < -0.3 is 9.47 Å². The van der Waals surface area contributed by atoms with Crippen molar-refractivity contribution in [2.45, 2.75) is 13.3 Å². The van der Waals surface area contributed by atoms with Crippen molar-refractivity contribution in [2.24, 2.45) is 0 Å². The van der Waals surface area contributed by atoms with Gasteiger partial charge in [-0.3, -0.25) is 0 Å². The van der Waals surface area contributed by atoms with Crippen LogP contribution in [0, 0.1) is 0 Å². The molecule has 0 aliphatic heterocycles. The van der Waals surface area contributed by atoms with Gasteiger partial charge in [0.2, 0.25) is 0 Å². The van der Waals surface area contributed by atoms with Gasteiger partial charge in [-0.15, -0.1) is 0 Å². The first-order valence-electron chi connectivity index (χ1n) is 6.87. The van der Waals surface area contributed by atoms with Crippen LogP contribution in [0.4, 0.5) is 0 Å². The lowest BCUT2D eigenvalue weighted by molar-refractivity contribution is -0.130. The minimum absolute atomic E-state index is 0.332. The molecule has 0 unspecified atom stereocenters. The van der Waals surface area contributed by atoms with Crippen molar-refractivity contribution in [3.05, 3.63) is 72.3 Å². The van der Waals surface area contributed by atoms with Crippen LogP contribution in [-0.2, 0) is 4.79 Å². The first-order chi connectivity index (χ1) is 10.3. The minimum Gasteiger partial charge on any atom is -0.493 e. The third-order valence-corrected chi connectivity index (χ3v) is 2.86. The number of rotatable bonds is 6. The van der Waals surface area contributed by atoms with E-state index in [1.165, 1.54) is 0 Å². The second-order valence-corrected chi connectivity index (χ2v) is 4.54. The highest BCUT2D eigenvalue weighted by molar-refractivity contribution is 5.89.